The molecule has 6 aliphatic rings. The number of hydrogen-bond acceptors (Lipinski definition) is 5. The van der Waals surface area contributed by atoms with E-state index in [0.717, 1.165) is 76.7 Å². The van der Waals surface area contributed by atoms with Crippen LogP contribution in [0.4, 0.5) is 13.6 Å². The normalized spacial score (nSPS) is 38.4. The van der Waals surface area contributed by atoms with Crippen molar-refractivity contribution in [2.45, 2.75) is 108 Å². The summed E-state index contributed by atoms with van der Waals surface area (Å²) in [6.45, 7) is 6.83. The number of nitrogens with one attached hydrogen (secondary N) is 3. The zero-order chi connectivity index (χ0) is 28.0. The van der Waals surface area contributed by atoms with Crippen molar-refractivity contribution in [3.8, 4) is 0 Å². The van der Waals surface area contributed by atoms with Crippen LogP contribution in [0.15, 0.2) is 45.3 Å². The smallest absolute Gasteiger partial charge is 0.317 e. The average molecular weight is 555 g/mol. The van der Waals surface area contributed by atoms with Gasteiger partial charge in [-0.15, -0.1) is 0 Å². The molecule has 2 saturated carbocycles. The number of carbonyl (C=O) groups is 1. The Bertz CT molecular complexity index is 1160. The first-order valence-corrected chi connectivity index (χ1v) is 15.3. The molecule has 7 nitrogen and oxygen atoms in total. The number of rotatable bonds is 4. The largest absolute Gasteiger partial charge is 0.365 e. The molecule has 3 N–H and O–H groups in total. The van der Waals surface area contributed by atoms with Crippen LogP contribution in [0.1, 0.15) is 78.6 Å². The molecule has 3 fully saturated rings. The molecular weight excluding hydrogens is 510 g/mol. The van der Waals surface area contributed by atoms with Crippen molar-refractivity contribution in [3.63, 3.8) is 0 Å². The molecule has 6 rings (SSSR count). The minimum Gasteiger partial charge on any atom is -0.365 e. The molecule has 1 saturated heterocycles. The molecule has 40 heavy (non-hydrogen) atoms. The number of hydrogen-bond donors (Lipinski definition) is 3. The van der Waals surface area contributed by atoms with E-state index in [0.29, 0.717) is 0 Å². The quantitative estimate of drug-likeness (QED) is 0.440. The lowest BCUT2D eigenvalue weighted by molar-refractivity contribution is 0.0653. The zero-order valence-corrected chi connectivity index (χ0v) is 24.1. The third-order valence-electron chi connectivity index (χ3n) is 9.84. The summed E-state index contributed by atoms with van der Waals surface area (Å²) in [7, 11) is 0. The van der Waals surface area contributed by atoms with Crippen molar-refractivity contribution in [1.29, 1.82) is 0 Å². The van der Waals surface area contributed by atoms with E-state index in [4.69, 9.17) is 9.98 Å². The molecule has 0 radical (unpaired) electrons. The van der Waals surface area contributed by atoms with Gasteiger partial charge in [-0.25, -0.2) is 13.6 Å². The number of allylic oxidation sites excluding steroid dienone is 2. The molecular formula is C31H44F2N6O. The summed E-state index contributed by atoms with van der Waals surface area (Å²) in [4.78, 5) is 24.4. The van der Waals surface area contributed by atoms with Crippen LogP contribution in [0.5, 0.6) is 0 Å². The Labute approximate surface area is 236 Å². The highest BCUT2D eigenvalue weighted by Gasteiger charge is 2.55. The van der Waals surface area contributed by atoms with Gasteiger partial charge < -0.3 is 20.9 Å². The molecule has 0 aromatic heterocycles. The standard InChI is InChI=1S/C31H44F2N6O/c1-18-8-6-11-21-26-22(15-25(26)37-28(21)34-17-18)27-23(31(2,3)33)16-24(32)29(38-27)35-19-9-7-10-20(14-19)36-30(40)39-12-4-5-13-39/h11,16-17,19-20,22-23,25-27H,4-10,12-15H2,1-3H3,(H,34,37)(H,35,38)(H,36,40)/b18-17-,21-11-. The van der Waals surface area contributed by atoms with Gasteiger partial charge in [0.05, 0.1) is 12.1 Å². The lowest BCUT2D eigenvalue weighted by Gasteiger charge is -2.47. The highest BCUT2D eigenvalue weighted by atomic mass is 19.1. The van der Waals surface area contributed by atoms with E-state index < -0.39 is 17.4 Å². The number of dihydropyridines is 1. The topological polar surface area (TPSA) is 81.1 Å². The van der Waals surface area contributed by atoms with E-state index in [2.05, 4.69) is 29.0 Å². The predicted molar refractivity (Wildman–Crippen MR) is 155 cm³/mol. The molecule has 0 aromatic carbocycles. The number of halogens is 2. The van der Waals surface area contributed by atoms with E-state index >= 15 is 8.78 Å². The number of fused-ring (bicyclic) bond motifs is 3. The second kappa shape index (κ2) is 10.9. The Kier molecular flexibility index (Phi) is 7.51. The van der Waals surface area contributed by atoms with Crippen molar-refractivity contribution in [2.24, 2.45) is 27.7 Å². The lowest BCUT2D eigenvalue weighted by atomic mass is 9.60. The Hall–Kier alpha value is -2.71. The third-order valence-corrected chi connectivity index (χ3v) is 9.84. The highest BCUT2D eigenvalue weighted by molar-refractivity contribution is 6.02. The molecule has 0 aromatic rings. The van der Waals surface area contributed by atoms with Gasteiger partial charge in [-0.05, 0) is 96.1 Å². The summed E-state index contributed by atoms with van der Waals surface area (Å²) in [6.07, 6.45) is 14.2. The minimum atomic E-state index is -1.60. The van der Waals surface area contributed by atoms with Gasteiger partial charge in [0.2, 0.25) is 0 Å². The third kappa shape index (κ3) is 5.45. The maximum absolute atomic E-state index is 15.5. The summed E-state index contributed by atoms with van der Waals surface area (Å²) >= 11 is 0. The molecule has 4 aliphatic heterocycles. The molecule has 7 unspecified atom stereocenters. The van der Waals surface area contributed by atoms with Crippen molar-refractivity contribution in [2.75, 3.05) is 13.1 Å². The van der Waals surface area contributed by atoms with E-state index in [1.54, 1.807) is 0 Å². The van der Waals surface area contributed by atoms with Gasteiger partial charge >= 0.3 is 6.03 Å². The Balaban J connectivity index is 1.17. The number of carbonyl (C=O) groups excluding carboxylic acids is 1. The number of nitrogens with zero attached hydrogens (tertiary/aromatic N) is 3. The van der Waals surface area contributed by atoms with Gasteiger partial charge in [-0.3, -0.25) is 9.98 Å². The van der Waals surface area contributed by atoms with Gasteiger partial charge in [0.1, 0.15) is 11.5 Å². The van der Waals surface area contributed by atoms with Crippen molar-refractivity contribution in [1.82, 2.24) is 20.9 Å². The first kappa shape index (κ1) is 27.5. The molecule has 4 heterocycles. The second-order valence-electron chi connectivity index (χ2n) is 13.2. The van der Waals surface area contributed by atoms with E-state index in [-0.39, 0.29) is 47.9 Å². The number of aliphatic imine (C=N–C) groups is 2. The Morgan fingerprint density at radius 3 is 2.67 bits per heavy atom. The minimum absolute atomic E-state index is 0.00853. The first-order valence-electron chi connectivity index (χ1n) is 15.3. The highest BCUT2D eigenvalue weighted by Crippen LogP contribution is 2.52. The number of urea groups is 1. The number of likely N-dealkylation sites (tertiary alicyclic amines) is 1. The van der Waals surface area contributed by atoms with Crippen LogP contribution in [0.25, 0.3) is 0 Å². The molecule has 7 atom stereocenters. The summed E-state index contributed by atoms with van der Waals surface area (Å²) in [5.41, 5.74) is 0.902. The van der Waals surface area contributed by atoms with Gasteiger partial charge in [0, 0.05) is 43.2 Å². The number of alkyl halides is 1. The Morgan fingerprint density at radius 2 is 1.90 bits per heavy atom. The Morgan fingerprint density at radius 1 is 1.12 bits per heavy atom. The monoisotopic (exact) mass is 554 g/mol. The fourth-order valence-corrected chi connectivity index (χ4v) is 7.59. The summed E-state index contributed by atoms with van der Waals surface area (Å²) < 4.78 is 31.0. The van der Waals surface area contributed by atoms with Crippen LogP contribution >= 0.6 is 0 Å². The predicted octanol–water partition coefficient (Wildman–Crippen LogP) is 5.32. The van der Waals surface area contributed by atoms with Crippen molar-refractivity contribution >= 4 is 17.7 Å². The van der Waals surface area contributed by atoms with Gasteiger partial charge in [-0.2, -0.15) is 0 Å². The first-order chi connectivity index (χ1) is 19.2. The van der Waals surface area contributed by atoms with Crippen LogP contribution in [0, 0.1) is 17.8 Å². The number of amidine groups is 2. The second-order valence-corrected chi connectivity index (χ2v) is 13.2. The fourth-order valence-electron chi connectivity index (χ4n) is 7.59. The zero-order valence-electron chi connectivity index (χ0n) is 24.1. The fraction of sp³-hybridized carbons (Fsp3) is 0.710. The molecule has 2 amide bonds. The molecule has 2 aliphatic carbocycles. The van der Waals surface area contributed by atoms with Crippen LogP contribution in [0.2, 0.25) is 0 Å². The van der Waals surface area contributed by atoms with Crippen molar-refractivity contribution < 1.29 is 13.6 Å². The summed E-state index contributed by atoms with van der Waals surface area (Å²) in [5, 5.41) is 9.97. The van der Waals surface area contributed by atoms with Crippen molar-refractivity contribution in [3.05, 3.63) is 35.3 Å². The molecule has 9 heteroatoms. The maximum atomic E-state index is 15.5. The molecule has 0 bridgehead atoms. The van der Waals surface area contributed by atoms with E-state index in [1.807, 2.05) is 11.1 Å². The average Bonchev–Trinajstić information content (AvgIpc) is 3.50. The summed E-state index contributed by atoms with van der Waals surface area (Å²) in [5.74, 6) is 0.343. The van der Waals surface area contributed by atoms with Crippen LogP contribution in [0.3, 0.4) is 0 Å². The van der Waals surface area contributed by atoms with Crippen LogP contribution in [-0.4, -0.2) is 65.5 Å². The molecule has 0 spiro atoms. The van der Waals surface area contributed by atoms with E-state index in [9.17, 15) is 4.79 Å². The van der Waals surface area contributed by atoms with Gasteiger partial charge in [0.25, 0.3) is 0 Å². The van der Waals surface area contributed by atoms with Gasteiger partial charge in [-0.1, -0.05) is 11.6 Å². The maximum Gasteiger partial charge on any atom is 0.317 e. The lowest BCUT2D eigenvalue weighted by Crippen LogP contribution is -2.53. The SMILES string of the molecule is C/C1=C/NC2=NC3CC(C4N=C(NC5CCCC(NC(=O)N6CCCC6)C5)C(F)=CC4C(C)(C)F)C3/C2=C/CC1. The van der Waals surface area contributed by atoms with Gasteiger partial charge in [0.15, 0.2) is 11.7 Å². The molecule has 218 valence electrons. The van der Waals surface area contributed by atoms with E-state index in [1.165, 1.54) is 31.1 Å². The summed E-state index contributed by atoms with van der Waals surface area (Å²) in [6, 6.07) is -0.111. The van der Waals surface area contributed by atoms with Crippen LogP contribution in [-0.2, 0) is 0 Å². The van der Waals surface area contributed by atoms with Crippen LogP contribution < -0.4 is 16.0 Å². The number of amides is 2.